The second kappa shape index (κ2) is 5.96. The van der Waals surface area contributed by atoms with E-state index in [1.807, 2.05) is 13.8 Å². The summed E-state index contributed by atoms with van der Waals surface area (Å²) in [6, 6.07) is 0.490. The predicted molar refractivity (Wildman–Crippen MR) is 80.1 cm³/mol. The summed E-state index contributed by atoms with van der Waals surface area (Å²) >= 11 is 1.66. The molecule has 0 amide bonds. The Bertz CT molecular complexity index is 517. The van der Waals surface area contributed by atoms with Gasteiger partial charge in [-0.15, -0.1) is 5.10 Å². The average molecular weight is 310 g/mol. The van der Waals surface area contributed by atoms with Gasteiger partial charge in [-0.1, -0.05) is 11.8 Å². The van der Waals surface area contributed by atoms with Crippen molar-refractivity contribution in [1.82, 2.24) is 20.5 Å². The van der Waals surface area contributed by atoms with Gasteiger partial charge in [0.15, 0.2) is 0 Å². The molecule has 1 heterocycles. The van der Waals surface area contributed by atoms with E-state index >= 15 is 0 Å². The maximum Gasteiger partial charge on any atom is 0.326 e. The van der Waals surface area contributed by atoms with Crippen molar-refractivity contribution in [2.75, 3.05) is 6.61 Å². The van der Waals surface area contributed by atoms with Crippen LogP contribution in [0, 0.1) is 6.92 Å². The molecule has 1 aromatic heterocycles. The number of nitrogens with one attached hydrogen (secondary N) is 2. The zero-order chi connectivity index (χ0) is 14.9. The van der Waals surface area contributed by atoms with E-state index in [1.54, 1.807) is 11.8 Å². The van der Waals surface area contributed by atoms with Crippen LogP contribution in [0.4, 0.5) is 0 Å². The minimum absolute atomic E-state index is 0.0915. The standard InChI is InChI=1S/C14H22N4O2S/c1-3-20-12(19)14(16-10-4-5-10)7-6-11(8-14)21-13-15-9(2)17-18-13/h10-11,16H,3-8H2,1-2H3,(H,15,17,18). The van der Waals surface area contributed by atoms with E-state index in [0.29, 0.717) is 17.9 Å². The molecular formula is C14H22N4O2S. The van der Waals surface area contributed by atoms with Crippen molar-refractivity contribution in [3.05, 3.63) is 5.82 Å². The molecule has 2 atom stereocenters. The molecule has 2 saturated carbocycles. The number of aryl methyl sites for hydroxylation is 1. The molecule has 2 N–H and O–H groups in total. The number of rotatable bonds is 6. The summed E-state index contributed by atoms with van der Waals surface area (Å²) in [7, 11) is 0. The van der Waals surface area contributed by atoms with Gasteiger partial charge in [0, 0.05) is 11.3 Å². The SMILES string of the molecule is CCOC(=O)C1(NC2CC2)CCC(Sc2n[nH]c(C)n2)C1. The number of hydrogen-bond acceptors (Lipinski definition) is 6. The van der Waals surface area contributed by atoms with E-state index in [1.165, 1.54) is 12.8 Å². The highest BCUT2D eigenvalue weighted by atomic mass is 32.2. The molecule has 3 rings (SSSR count). The Kier molecular flexibility index (Phi) is 4.21. The Balaban J connectivity index is 1.66. The third-order valence-corrected chi connectivity index (χ3v) is 5.17. The van der Waals surface area contributed by atoms with Gasteiger partial charge in [-0.2, -0.15) is 0 Å². The van der Waals surface area contributed by atoms with Gasteiger partial charge in [-0.3, -0.25) is 15.2 Å². The van der Waals surface area contributed by atoms with Gasteiger partial charge in [-0.25, -0.2) is 4.98 Å². The van der Waals surface area contributed by atoms with Crippen molar-refractivity contribution in [2.24, 2.45) is 0 Å². The van der Waals surface area contributed by atoms with Crippen LogP contribution in [0.2, 0.25) is 0 Å². The number of thioether (sulfide) groups is 1. The van der Waals surface area contributed by atoms with E-state index in [9.17, 15) is 4.79 Å². The summed E-state index contributed by atoms with van der Waals surface area (Å²) in [5.41, 5.74) is -0.500. The molecule has 0 radical (unpaired) electrons. The lowest BCUT2D eigenvalue weighted by molar-refractivity contribution is -0.151. The molecule has 0 spiro atoms. The summed E-state index contributed by atoms with van der Waals surface area (Å²) in [6.45, 7) is 4.19. The number of nitrogens with zero attached hydrogens (tertiary/aromatic N) is 2. The van der Waals surface area contributed by atoms with Gasteiger partial charge >= 0.3 is 5.97 Å². The summed E-state index contributed by atoms with van der Waals surface area (Å²) < 4.78 is 5.31. The molecular weight excluding hydrogens is 288 g/mol. The van der Waals surface area contributed by atoms with Gasteiger partial charge < -0.3 is 4.74 Å². The monoisotopic (exact) mass is 310 g/mol. The fraction of sp³-hybridized carbons (Fsp3) is 0.786. The minimum atomic E-state index is -0.500. The van der Waals surface area contributed by atoms with Crippen LogP contribution in [0.1, 0.15) is 44.9 Å². The van der Waals surface area contributed by atoms with Crippen LogP contribution in [0.15, 0.2) is 5.16 Å². The highest BCUT2D eigenvalue weighted by Gasteiger charge is 2.49. The molecule has 116 valence electrons. The fourth-order valence-electron chi connectivity index (χ4n) is 2.89. The van der Waals surface area contributed by atoms with Crippen LogP contribution in [-0.4, -0.2) is 44.6 Å². The summed E-state index contributed by atoms with van der Waals surface area (Å²) in [5, 5.41) is 11.7. The van der Waals surface area contributed by atoms with E-state index < -0.39 is 5.54 Å². The lowest BCUT2D eigenvalue weighted by Gasteiger charge is -2.28. The quantitative estimate of drug-likeness (QED) is 0.780. The second-order valence-corrected chi connectivity index (χ2v) is 7.17. The summed E-state index contributed by atoms with van der Waals surface area (Å²) in [5.74, 6) is 0.731. The van der Waals surface area contributed by atoms with Crippen molar-refractivity contribution in [2.45, 2.75) is 67.9 Å². The van der Waals surface area contributed by atoms with Crippen molar-refractivity contribution < 1.29 is 9.53 Å². The molecule has 0 aromatic carbocycles. The van der Waals surface area contributed by atoms with Crippen molar-refractivity contribution in [3.8, 4) is 0 Å². The normalized spacial score (nSPS) is 28.8. The Morgan fingerprint density at radius 3 is 2.95 bits per heavy atom. The fourth-order valence-corrected chi connectivity index (χ4v) is 4.08. The molecule has 0 saturated heterocycles. The highest BCUT2D eigenvalue weighted by molar-refractivity contribution is 7.99. The topological polar surface area (TPSA) is 79.9 Å². The minimum Gasteiger partial charge on any atom is -0.465 e. The van der Waals surface area contributed by atoms with E-state index in [4.69, 9.17) is 4.74 Å². The molecule has 0 aliphatic heterocycles. The largest absolute Gasteiger partial charge is 0.465 e. The number of esters is 1. The van der Waals surface area contributed by atoms with Gasteiger partial charge in [0.1, 0.15) is 11.4 Å². The molecule has 2 aliphatic rings. The number of aromatic nitrogens is 3. The highest BCUT2D eigenvalue weighted by Crippen LogP contribution is 2.41. The number of carbonyl (C=O) groups is 1. The van der Waals surface area contributed by atoms with Crippen LogP contribution >= 0.6 is 11.8 Å². The number of H-pyrrole nitrogens is 1. The van der Waals surface area contributed by atoms with Crippen molar-refractivity contribution >= 4 is 17.7 Å². The number of ether oxygens (including phenoxy) is 1. The molecule has 2 fully saturated rings. The zero-order valence-corrected chi connectivity index (χ0v) is 13.3. The van der Waals surface area contributed by atoms with Crippen molar-refractivity contribution in [1.29, 1.82) is 0 Å². The van der Waals surface area contributed by atoms with E-state index in [0.717, 1.165) is 30.2 Å². The van der Waals surface area contributed by atoms with E-state index in [-0.39, 0.29) is 5.97 Å². The first-order valence-corrected chi connectivity index (χ1v) is 8.50. The maximum absolute atomic E-state index is 12.4. The molecule has 21 heavy (non-hydrogen) atoms. The molecule has 2 unspecified atom stereocenters. The summed E-state index contributed by atoms with van der Waals surface area (Å²) in [6.07, 6.45) is 4.94. The molecule has 0 bridgehead atoms. The molecule has 2 aliphatic carbocycles. The molecule has 1 aromatic rings. The maximum atomic E-state index is 12.4. The van der Waals surface area contributed by atoms with Gasteiger partial charge in [0.25, 0.3) is 0 Å². The van der Waals surface area contributed by atoms with Crippen LogP contribution in [0.5, 0.6) is 0 Å². The van der Waals surface area contributed by atoms with Gasteiger partial charge in [0.05, 0.1) is 6.61 Å². The Hall–Kier alpha value is -1.08. The molecule has 7 heteroatoms. The smallest absolute Gasteiger partial charge is 0.326 e. The third kappa shape index (κ3) is 3.40. The van der Waals surface area contributed by atoms with Crippen LogP contribution in [0.25, 0.3) is 0 Å². The first-order chi connectivity index (χ1) is 10.1. The Morgan fingerprint density at radius 1 is 1.52 bits per heavy atom. The van der Waals surface area contributed by atoms with Gasteiger partial charge in [-0.05, 0) is 46.0 Å². The van der Waals surface area contributed by atoms with E-state index in [2.05, 4.69) is 20.5 Å². The summed E-state index contributed by atoms with van der Waals surface area (Å²) in [4.78, 5) is 16.7. The number of aromatic amines is 1. The number of hydrogen-bond donors (Lipinski definition) is 2. The van der Waals surface area contributed by atoms with Gasteiger partial charge in [0.2, 0.25) is 5.16 Å². The Labute approximate surface area is 128 Å². The first kappa shape index (κ1) is 14.8. The van der Waals surface area contributed by atoms with Crippen molar-refractivity contribution in [3.63, 3.8) is 0 Å². The number of carbonyl (C=O) groups excluding carboxylic acids is 1. The van der Waals surface area contributed by atoms with Crippen LogP contribution in [-0.2, 0) is 9.53 Å². The average Bonchev–Trinajstić information content (AvgIpc) is 3.01. The third-order valence-electron chi connectivity index (χ3n) is 4.04. The zero-order valence-electron chi connectivity index (χ0n) is 12.5. The Morgan fingerprint density at radius 2 is 2.33 bits per heavy atom. The predicted octanol–water partition coefficient (Wildman–Crippen LogP) is 1.81. The van der Waals surface area contributed by atoms with Crippen LogP contribution in [0.3, 0.4) is 0 Å². The lowest BCUT2D eigenvalue weighted by atomic mass is 9.97. The first-order valence-electron chi connectivity index (χ1n) is 7.62. The lowest BCUT2D eigenvalue weighted by Crippen LogP contribution is -2.52. The molecule has 6 nitrogen and oxygen atoms in total. The second-order valence-electron chi connectivity index (χ2n) is 5.91. The van der Waals surface area contributed by atoms with Crippen LogP contribution < -0.4 is 5.32 Å².